The largest absolute Gasteiger partial charge is 0.493 e. The van der Waals surface area contributed by atoms with E-state index in [1.165, 1.54) is 37.0 Å². The summed E-state index contributed by atoms with van der Waals surface area (Å²) in [7, 11) is 0. The normalized spacial score (nSPS) is 21.8. The van der Waals surface area contributed by atoms with Crippen molar-refractivity contribution >= 4 is 11.9 Å². The first-order valence-corrected chi connectivity index (χ1v) is 8.99. The molecule has 1 aromatic carbocycles. The number of carbonyl (C=O) groups is 2. The summed E-state index contributed by atoms with van der Waals surface area (Å²) >= 11 is 0. The van der Waals surface area contributed by atoms with Gasteiger partial charge < -0.3 is 19.5 Å². The second-order valence-corrected chi connectivity index (χ2v) is 6.77. The minimum absolute atomic E-state index is 0.0314. The van der Waals surface area contributed by atoms with Crippen molar-refractivity contribution in [3.05, 3.63) is 29.8 Å². The molecule has 3 rings (SSSR count). The molecule has 1 amide bonds. The number of hydrogen-bond donors (Lipinski definition) is 1. The lowest BCUT2D eigenvalue weighted by molar-refractivity contribution is -0.147. The van der Waals surface area contributed by atoms with Crippen LogP contribution in [0.15, 0.2) is 24.3 Å². The molecule has 0 aromatic heterocycles. The lowest BCUT2D eigenvalue weighted by Gasteiger charge is -2.32. The monoisotopic (exact) mass is 347 g/mol. The Kier molecular flexibility index (Phi) is 5.91. The van der Waals surface area contributed by atoms with Gasteiger partial charge in [-0.05, 0) is 43.0 Å². The van der Waals surface area contributed by atoms with Gasteiger partial charge in [0, 0.05) is 12.1 Å². The molecule has 1 N–H and O–H groups in total. The number of ether oxygens (including phenoxy) is 2. The van der Waals surface area contributed by atoms with Gasteiger partial charge in [-0.3, -0.25) is 4.79 Å². The van der Waals surface area contributed by atoms with Crippen LogP contribution in [0.3, 0.4) is 0 Å². The van der Waals surface area contributed by atoms with Crippen LogP contribution in [-0.2, 0) is 9.53 Å². The number of rotatable bonds is 5. The molecule has 0 bridgehead atoms. The van der Waals surface area contributed by atoms with Crippen LogP contribution < -0.4 is 4.74 Å². The Balaban J connectivity index is 1.59. The van der Waals surface area contributed by atoms with E-state index in [1.54, 1.807) is 24.3 Å². The molecule has 1 saturated heterocycles. The maximum Gasteiger partial charge on any atom is 0.328 e. The summed E-state index contributed by atoms with van der Waals surface area (Å²) in [5.41, 5.74) is 0.471. The zero-order valence-corrected chi connectivity index (χ0v) is 14.4. The SMILES string of the molecule is O=C(O)C1COCCN1C(=O)c1ccc(OCC2CCCCC2)cc1. The van der Waals surface area contributed by atoms with Crippen molar-refractivity contribution < 1.29 is 24.2 Å². The van der Waals surface area contributed by atoms with Gasteiger partial charge >= 0.3 is 5.97 Å². The Morgan fingerprint density at radius 1 is 1.16 bits per heavy atom. The van der Waals surface area contributed by atoms with E-state index in [2.05, 4.69) is 0 Å². The van der Waals surface area contributed by atoms with E-state index in [0.717, 1.165) is 12.4 Å². The van der Waals surface area contributed by atoms with Gasteiger partial charge in [0.05, 0.1) is 19.8 Å². The Labute approximate surface area is 147 Å². The van der Waals surface area contributed by atoms with Crippen molar-refractivity contribution in [2.24, 2.45) is 5.92 Å². The lowest BCUT2D eigenvalue weighted by atomic mass is 9.90. The van der Waals surface area contributed by atoms with Gasteiger partial charge in [-0.2, -0.15) is 0 Å². The summed E-state index contributed by atoms with van der Waals surface area (Å²) in [5, 5.41) is 9.25. The minimum Gasteiger partial charge on any atom is -0.493 e. The summed E-state index contributed by atoms with van der Waals surface area (Å²) in [6.45, 7) is 1.40. The van der Waals surface area contributed by atoms with Crippen molar-refractivity contribution in [2.75, 3.05) is 26.4 Å². The number of carboxylic acid groups (broad SMARTS) is 1. The van der Waals surface area contributed by atoms with E-state index in [4.69, 9.17) is 9.47 Å². The van der Waals surface area contributed by atoms with Gasteiger partial charge in [-0.1, -0.05) is 19.3 Å². The number of aliphatic carboxylic acids is 1. The number of nitrogens with zero attached hydrogens (tertiary/aromatic N) is 1. The molecule has 1 aliphatic carbocycles. The third-order valence-electron chi connectivity index (χ3n) is 4.99. The van der Waals surface area contributed by atoms with E-state index in [1.807, 2.05) is 0 Å². The topological polar surface area (TPSA) is 76.1 Å². The quantitative estimate of drug-likeness (QED) is 0.886. The zero-order chi connectivity index (χ0) is 17.6. The molecular weight excluding hydrogens is 322 g/mol. The summed E-state index contributed by atoms with van der Waals surface area (Å²) in [4.78, 5) is 25.3. The first-order valence-electron chi connectivity index (χ1n) is 8.99. The van der Waals surface area contributed by atoms with Gasteiger partial charge in [-0.25, -0.2) is 4.79 Å². The fourth-order valence-electron chi connectivity index (χ4n) is 3.48. The minimum atomic E-state index is -1.04. The van der Waals surface area contributed by atoms with E-state index >= 15 is 0 Å². The summed E-state index contributed by atoms with van der Waals surface area (Å²) in [5.74, 6) is 0.0497. The Bertz CT molecular complexity index is 594. The number of benzene rings is 1. The zero-order valence-electron chi connectivity index (χ0n) is 14.4. The van der Waals surface area contributed by atoms with Crippen LogP contribution in [0.2, 0.25) is 0 Å². The molecule has 6 heteroatoms. The van der Waals surface area contributed by atoms with Crippen LogP contribution in [0.1, 0.15) is 42.5 Å². The number of morpholine rings is 1. The second kappa shape index (κ2) is 8.34. The molecular formula is C19H25NO5. The predicted octanol–water partition coefficient (Wildman–Crippen LogP) is 2.57. The second-order valence-electron chi connectivity index (χ2n) is 6.77. The van der Waals surface area contributed by atoms with Crippen LogP contribution in [0.25, 0.3) is 0 Å². The summed E-state index contributed by atoms with van der Waals surface area (Å²) < 4.78 is 11.0. The van der Waals surface area contributed by atoms with Gasteiger partial charge in [0.2, 0.25) is 0 Å². The maximum absolute atomic E-state index is 12.6. The van der Waals surface area contributed by atoms with Crippen LogP contribution >= 0.6 is 0 Å². The molecule has 1 unspecified atom stereocenters. The average Bonchev–Trinajstić information content (AvgIpc) is 2.67. The molecule has 25 heavy (non-hydrogen) atoms. The molecule has 0 spiro atoms. The molecule has 6 nitrogen and oxygen atoms in total. The highest BCUT2D eigenvalue weighted by Crippen LogP contribution is 2.25. The fraction of sp³-hybridized carbons (Fsp3) is 0.579. The number of carboxylic acids is 1. The predicted molar refractivity (Wildman–Crippen MR) is 91.8 cm³/mol. The third-order valence-corrected chi connectivity index (χ3v) is 4.99. The third kappa shape index (κ3) is 4.51. The average molecular weight is 347 g/mol. The van der Waals surface area contributed by atoms with Crippen LogP contribution in [0.4, 0.5) is 0 Å². The standard InChI is InChI=1S/C19H25NO5/c21-18(20-10-11-24-13-17(20)19(22)23)15-6-8-16(9-7-15)25-12-14-4-2-1-3-5-14/h6-9,14,17H,1-5,10-13H2,(H,22,23). The van der Waals surface area contributed by atoms with Crippen molar-refractivity contribution in [1.82, 2.24) is 4.90 Å². The number of amides is 1. The Morgan fingerprint density at radius 3 is 2.56 bits per heavy atom. The Hall–Kier alpha value is -2.08. The van der Waals surface area contributed by atoms with Crippen LogP contribution in [-0.4, -0.2) is 54.3 Å². The van der Waals surface area contributed by atoms with Crippen molar-refractivity contribution in [2.45, 2.75) is 38.1 Å². The highest BCUT2D eigenvalue weighted by Gasteiger charge is 2.33. The van der Waals surface area contributed by atoms with Gasteiger partial charge in [0.1, 0.15) is 5.75 Å². The molecule has 1 atom stereocenters. The molecule has 1 aliphatic heterocycles. The molecule has 2 aliphatic rings. The van der Waals surface area contributed by atoms with Crippen molar-refractivity contribution in [1.29, 1.82) is 0 Å². The van der Waals surface area contributed by atoms with E-state index in [-0.39, 0.29) is 19.1 Å². The smallest absolute Gasteiger partial charge is 0.328 e. The van der Waals surface area contributed by atoms with E-state index < -0.39 is 12.0 Å². The molecule has 0 radical (unpaired) electrons. The molecule has 2 fully saturated rings. The summed E-state index contributed by atoms with van der Waals surface area (Å²) in [6, 6.07) is 6.04. The number of hydrogen-bond acceptors (Lipinski definition) is 4. The number of carbonyl (C=O) groups excluding carboxylic acids is 1. The highest BCUT2D eigenvalue weighted by atomic mass is 16.5. The first-order chi connectivity index (χ1) is 12.1. The molecule has 1 heterocycles. The summed E-state index contributed by atoms with van der Waals surface area (Å²) in [6.07, 6.45) is 6.35. The van der Waals surface area contributed by atoms with Crippen molar-refractivity contribution in [3.8, 4) is 5.75 Å². The van der Waals surface area contributed by atoms with Gasteiger partial charge in [-0.15, -0.1) is 0 Å². The molecule has 136 valence electrons. The van der Waals surface area contributed by atoms with E-state index in [9.17, 15) is 14.7 Å². The highest BCUT2D eigenvalue weighted by molar-refractivity contribution is 5.96. The van der Waals surface area contributed by atoms with Crippen LogP contribution in [0, 0.1) is 5.92 Å². The Morgan fingerprint density at radius 2 is 1.88 bits per heavy atom. The maximum atomic E-state index is 12.6. The van der Waals surface area contributed by atoms with Crippen LogP contribution in [0.5, 0.6) is 5.75 Å². The molecule has 1 saturated carbocycles. The fourth-order valence-corrected chi connectivity index (χ4v) is 3.48. The van der Waals surface area contributed by atoms with Crippen molar-refractivity contribution in [3.63, 3.8) is 0 Å². The van der Waals surface area contributed by atoms with Gasteiger partial charge in [0.25, 0.3) is 5.91 Å². The van der Waals surface area contributed by atoms with E-state index in [0.29, 0.717) is 18.1 Å². The molecule has 1 aromatic rings. The lowest BCUT2D eigenvalue weighted by Crippen LogP contribution is -2.52. The van der Waals surface area contributed by atoms with Gasteiger partial charge in [0.15, 0.2) is 6.04 Å². The first kappa shape index (κ1) is 17.7.